The van der Waals surface area contributed by atoms with E-state index in [0.717, 1.165) is 38.5 Å². The molecular formula is C11H22O6S2. The molecule has 1 saturated carbocycles. The normalized spacial score (nSPS) is 22.8. The highest BCUT2D eigenvalue weighted by molar-refractivity contribution is 7.82. The van der Waals surface area contributed by atoms with Gasteiger partial charge in [0.05, 0.1) is 0 Å². The van der Waals surface area contributed by atoms with E-state index in [4.69, 9.17) is 4.55 Å². The van der Waals surface area contributed by atoms with Gasteiger partial charge in [-0.2, -0.15) is 8.42 Å². The van der Waals surface area contributed by atoms with Gasteiger partial charge in [0.1, 0.15) is 0 Å². The number of thiol groups is 1. The summed E-state index contributed by atoms with van der Waals surface area (Å²) in [4.78, 5) is -1.77. The standard InChI is InChI=1S/C11H22O6S2/c12-18(13)11(17-19(14,15)16)9-7-5-3-1-2-4-6-8-10-11/h18H,1-10H2,(H,14,15,16). The Kier molecular flexibility index (Phi) is 6.72. The van der Waals surface area contributed by atoms with E-state index >= 15 is 0 Å². The van der Waals surface area contributed by atoms with E-state index in [1.807, 2.05) is 0 Å². The molecule has 0 radical (unpaired) electrons. The van der Waals surface area contributed by atoms with Crippen molar-refractivity contribution in [3.05, 3.63) is 0 Å². The molecule has 0 aromatic carbocycles. The minimum absolute atomic E-state index is 0.117. The van der Waals surface area contributed by atoms with Crippen LogP contribution in [0.4, 0.5) is 0 Å². The van der Waals surface area contributed by atoms with Crippen molar-refractivity contribution in [2.24, 2.45) is 0 Å². The number of hydrogen-bond acceptors (Lipinski definition) is 5. The average molecular weight is 314 g/mol. The van der Waals surface area contributed by atoms with Gasteiger partial charge in [-0.25, -0.2) is 12.6 Å². The molecule has 1 N–H and O–H groups in total. The fourth-order valence-corrected chi connectivity index (χ4v) is 4.25. The largest absolute Gasteiger partial charge is 0.398 e. The number of hydrogen-bond donors (Lipinski definition) is 2. The van der Waals surface area contributed by atoms with Gasteiger partial charge in [0, 0.05) is 0 Å². The summed E-state index contributed by atoms with van der Waals surface area (Å²) < 4.78 is 58.0. The summed E-state index contributed by atoms with van der Waals surface area (Å²) in [7, 11) is -7.86. The SMILES string of the molecule is O=[SH](=O)C1(OS(=O)(=O)O)CCCCCCCCCC1. The molecule has 0 aliphatic heterocycles. The van der Waals surface area contributed by atoms with Crippen molar-refractivity contribution in [3.63, 3.8) is 0 Å². The van der Waals surface area contributed by atoms with E-state index in [2.05, 4.69) is 4.18 Å². The fraction of sp³-hybridized carbons (Fsp3) is 1.00. The minimum atomic E-state index is -4.77. The monoisotopic (exact) mass is 314 g/mol. The van der Waals surface area contributed by atoms with Crippen LogP contribution >= 0.6 is 0 Å². The van der Waals surface area contributed by atoms with E-state index in [0.29, 0.717) is 12.8 Å². The summed E-state index contributed by atoms with van der Waals surface area (Å²) in [5.41, 5.74) is 0. The summed E-state index contributed by atoms with van der Waals surface area (Å²) in [5, 5.41) is 0. The van der Waals surface area contributed by atoms with Crippen LogP contribution in [-0.2, 0) is 25.3 Å². The zero-order valence-electron chi connectivity index (χ0n) is 10.9. The molecule has 6 nitrogen and oxygen atoms in total. The summed E-state index contributed by atoms with van der Waals surface area (Å²) in [6, 6.07) is 0. The van der Waals surface area contributed by atoms with Gasteiger partial charge >= 0.3 is 10.4 Å². The zero-order valence-corrected chi connectivity index (χ0v) is 12.6. The molecule has 0 atom stereocenters. The summed E-state index contributed by atoms with van der Waals surface area (Å²) in [6.07, 6.45) is 7.36. The van der Waals surface area contributed by atoms with E-state index in [1.54, 1.807) is 0 Å². The second-order valence-corrected chi connectivity index (χ2v) is 7.39. The quantitative estimate of drug-likeness (QED) is 0.611. The van der Waals surface area contributed by atoms with Gasteiger partial charge in [0.15, 0.2) is 15.6 Å². The molecule has 0 amide bonds. The molecule has 0 bridgehead atoms. The molecule has 0 unspecified atom stereocenters. The highest BCUT2D eigenvalue weighted by Crippen LogP contribution is 2.30. The molecular weight excluding hydrogens is 292 g/mol. The predicted octanol–water partition coefficient (Wildman–Crippen LogP) is 2.03. The summed E-state index contributed by atoms with van der Waals surface area (Å²) in [5.74, 6) is 0. The Balaban J connectivity index is 2.87. The highest BCUT2D eigenvalue weighted by atomic mass is 32.3. The summed E-state index contributed by atoms with van der Waals surface area (Å²) in [6.45, 7) is 0. The second kappa shape index (κ2) is 7.56. The van der Waals surface area contributed by atoms with Crippen LogP contribution in [0.5, 0.6) is 0 Å². The highest BCUT2D eigenvalue weighted by Gasteiger charge is 2.39. The Hall–Kier alpha value is -0.180. The van der Waals surface area contributed by atoms with Crippen molar-refractivity contribution >= 4 is 21.1 Å². The lowest BCUT2D eigenvalue weighted by molar-refractivity contribution is 0.118. The third-order valence-electron chi connectivity index (χ3n) is 3.48. The molecule has 0 saturated heterocycles. The third kappa shape index (κ3) is 6.20. The van der Waals surface area contributed by atoms with Gasteiger partial charge in [-0.3, -0.25) is 4.55 Å². The topological polar surface area (TPSA) is 97.7 Å². The van der Waals surface area contributed by atoms with E-state index in [-0.39, 0.29) is 12.8 Å². The minimum Gasteiger partial charge on any atom is -0.263 e. The van der Waals surface area contributed by atoms with E-state index < -0.39 is 26.0 Å². The lowest BCUT2D eigenvalue weighted by atomic mass is 10.0. The van der Waals surface area contributed by atoms with Crippen LogP contribution in [0.15, 0.2) is 0 Å². The molecule has 114 valence electrons. The Morgan fingerprint density at radius 2 is 1.21 bits per heavy atom. The van der Waals surface area contributed by atoms with Crippen LogP contribution in [0, 0.1) is 0 Å². The van der Waals surface area contributed by atoms with Crippen LogP contribution in [-0.4, -0.2) is 26.3 Å². The van der Waals surface area contributed by atoms with Gasteiger partial charge < -0.3 is 0 Å². The van der Waals surface area contributed by atoms with Crippen molar-refractivity contribution in [2.75, 3.05) is 0 Å². The summed E-state index contributed by atoms with van der Waals surface area (Å²) >= 11 is 0. The average Bonchev–Trinajstić information content (AvgIpc) is 2.32. The second-order valence-electron chi connectivity index (χ2n) is 5.04. The third-order valence-corrected chi connectivity index (χ3v) is 5.34. The van der Waals surface area contributed by atoms with Gasteiger partial charge in [-0.05, 0) is 25.7 Å². The first-order chi connectivity index (χ1) is 8.86. The molecule has 1 aliphatic carbocycles. The van der Waals surface area contributed by atoms with Crippen LogP contribution < -0.4 is 0 Å². The molecule has 1 rings (SSSR count). The maximum Gasteiger partial charge on any atom is 0.398 e. The maximum absolute atomic E-state index is 11.4. The predicted molar refractivity (Wildman–Crippen MR) is 71.8 cm³/mol. The molecule has 0 spiro atoms. The smallest absolute Gasteiger partial charge is 0.263 e. The Morgan fingerprint density at radius 1 is 0.842 bits per heavy atom. The molecule has 0 heterocycles. The first kappa shape index (κ1) is 16.9. The van der Waals surface area contributed by atoms with Crippen molar-refractivity contribution < 1.29 is 25.6 Å². The first-order valence-electron chi connectivity index (χ1n) is 6.68. The molecule has 0 aromatic heterocycles. The Labute approximate surface area is 116 Å². The lowest BCUT2D eigenvalue weighted by Gasteiger charge is -2.25. The van der Waals surface area contributed by atoms with Gasteiger partial charge in [-0.15, -0.1) is 0 Å². The van der Waals surface area contributed by atoms with E-state index in [1.165, 1.54) is 0 Å². The molecule has 19 heavy (non-hydrogen) atoms. The van der Waals surface area contributed by atoms with Crippen molar-refractivity contribution in [3.8, 4) is 0 Å². The first-order valence-corrected chi connectivity index (χ1v) is 9.23. The Morgan fingerprint density at radius 3 is 1.53 bits per heavy atom. The lowest BCUT2D eigenvalue weighted by Crippen LogP contribution is -2.36. The van der Waals surface area contributed by atoms with E-state index in [9.17, 15) is 16.8 Å². The van der Waals surface area contributed by atoms with Crippen LogP contribution in [0.25, 0.3) is 0 Å². The number of rotatable bonds is 3. The molecule has 1 aliphatic rings. The molecule has 8 heteroatoms. The fourth-order valence-electron chi connectivity index (χ4n) is 2.48. The Bertz CT molecular complexity index is 420. The molecule has 1 fully saturated rings. The van der Waals surface area contributed by atoms with Crippen LogP contribution in [0.1, 0.15) is 64.2 Å². The zero-order chi connectivity index (χ0) is 14.4. The maximum atomic E-state index is 11.4. The van der Waals surface area contributed by atoms with Crippen LogP contribution in [0.3, 0.4) is 0 Å². The molecule has 0 aromatic rings. The van der Waals surface area contributed by atoms with Crippen molar-refractivity contribution in [2.45, 2.75) is 69.1 Å². The van der Waals surface area contributed by atoms with Gasteiger partial charge in [0.25, 0.3) is 0 Å². The van der Waals surface area contributed by atoms with Gasteiger partial charge in [-0.1, -0.05) is 38.5 Å². The van der Waals surface area contributed by atoms with Gasteiger partial charge in [0.2, 0.25) is 0 Å². The van der Waals surface area contributed by atoms with Crippen molar-refractivity contribution in [1.82, 2.24) is 0 Å². The van der Waals surface area contributed by atoms with Crippen LogP contribution in [0.2, 0.25) is 0 Å². The van der Waals surface area contributed by atoms with Crippen molar-refractivity contribution in [1.29, 1.82) is 0 Å².